The van der Waals surface area contributed by atoms with Crippen molar-refractivity contribution in [1.82, 2.24) is 9.80 Å². The lowest BCUT2D eigenvalue weighted by Gasteiger charge is -2.49. The van der Waals surface area contributed by atoms with Crippen molar-refractivity contribution in [1.29, 1.82) is 0 Å². The largest absolute Gasteiger partial charge is 0.385 e. The molecule has 0 aromatic rings. The molecule has 0 aliphatic carbocycles. The molecule has 24 heavy (non-hydrogen) atoms. The van der Waals surface area contributed by atoms with E-state index in [4.69, 9.17) is 9.47 Å². The van der Waals surface area contributed by atoms with E-state index in [0.717, 1.165) is 45.5 Å². The monoisotopic (exact) mass is 343 g/mol. The first-order valence-corrected chi connectivity index (χ1v) is 9.20. The molecule has 2 rings (SSSR count). The Kier molecular flexibility index (Phi) is 6.98. The summed E-state index contributed by atoms with van der Waals surface area (Å²) >= 11 is 0. The molecule has 0 spiro atoms. The van der Waals surface area contributed by atoms with Crippen LogP contribution >= 0.6 is 0 Å². The van der Waals surface area contributed by atoms with Crippen molar-refractivity contribution in [3.63, 3.8) is 0 Å². The molecule has 0 aromatic heterocycles. The first kappa shape index (κ1) is 19.6. The third kappa shape index (κ3) is 3.90. The topological polar surface area (TPSA) is 68.1 Å². The van der Waals surface area contributed by atoms with Crippen LogP contribution in [0.5, 0.6) is 0 Å². The Hall–Kier alpha value is -0.760. The molecule has 0 amide bonds. The third-order valence-electron chi connectivity index (χ3n) is 5.61. The van der Waals surface area contributed by atoms with E-state index < -0.39 is 11.7 Å². The lowest BCUT2D eigenvalue weighted by Crippen LogP contribution is -2.67. The van der Waals surface area contributed by atoms with Crippen molar-refractivity contribution in [2.24, 2.45) is 5.92 Å². The van der Waals surface area contributed by atoms with Gasteiger partial charge in [-0.3, -0.25) is 19.9 Å². The maximum absolute atomic E-state index is 11.7. The fourth-order valence-electron chi connectivity index (χ4n) is 4.23. The Balaban J connectivity index is 2.14. The molecular formula is C17H33N3O4. The van der Waals surface area contributed by atoms with Gasteiger partial charge in [0.25, 0.3) is 0 Å². The summed E-state index contributed by atoms with van der Waals surface area (Å²) in [6.45, 7) is 10.3. The van der Waals surface area contributed by atoms with Crippen molar-refractivity contribution >= 4 is 0 Å². The van der Waals surface area contributed by atoms with Gasteiger partial charge in [0.15, 0.2) is 0 Å². The molecule has 4 atom stereocenters. The highest BCUT2D eigenvalue weighted by atomic mass is 16.6. The van der Waals surface area contributed by atoms with Gasteiger partial charge in [0.05, 0.1) is 0 Å². The second-order valence-corrected chi connectivity index (χ2v) is 7.32. The van der Waals surface area contributed by atoms with Crippen molar-refractivity contribution < 1.29 is 14.4 Å². The summed E-state index contributed by atoms with van der Waals surface area (Å²) in [4.78, 5) is 16.2. The minimum atomic E-state index is -0.559. The summed E-state index contributed by atoms with van der Waals surface area (Å²) in [7, 11) is 1.71. The van der Waals surface area contributed by atoms with Crippen LogP contribution in [0, 0.1) is 16.0 Å². The molecule has 0 N–H and O–H groups in total. The standard InChI is InChI=1S/C17H33N3O4/c1-5-11-24-16-7-6-15(20(21)22)17(3)18(9-10-19(16)17)13-14(2)8-12-23-4/h14-16H,5-13H2,1-4H3. The maximum Gasteiger partial charge on any atom is 0.244 e. The first-order chi connectivity index (χ1) is 11.4. The van der Waals surface area contributed by atoms with Gasteiger partial charge in [0, 0.05) is 51.3 Å². The third-order valence-corrected chi connectivity index (χ3v) is 5.61. The number of methoxy groups -OCH3 is 1. The van der Waals surface area contributed by atoms with E-state index in [9.17, 15) is 10.1 Å². The van der Waals surface area contributed by atoms with E-state index in [0.29, 0.717) is 18.9 Å². The van der Waals surface area contributed by atoms with Crippen molar-refractivity contribution in [2.45, 2.75) is 64.4 Å². The molecule has 0 radical (unpaired) electrons. The first-order valence-electron chi connectivity index (χ1n) is 9.20. The van der Waals surface area contributed by atoms with Crippen LogP contribution in [0.3, 0.4) is 0 Å². The minimum absolute atomic E-state index is 0.00503. The van der Waals surface area contributed by atoms with Crippen LogP contribution in [0.4, 0.5) is 0 Å². The zero-order valence-corrected chi connectivity index (χ0v) is 15.6. The fourth-order valence-corrected chi connectivity index (χ4v) is 4.23. The zero-order valence-electron chi connectivity index (χ0n) is 15.6. The Morgan fingerprint density at radius 2 is 2.08 bits per heavy atom. The van der Waals surface area contributed by atoms with Gasteiger partial charge in [-0.2, -0.15) is 0 Å². The van der Waals surface area contributed by atoms with Gasteiger partial charge in [-0.05, 0) is 32.1 Å². The van der Waals surface area contributed by atoms with E-state index in [2.05, 4.69) is 23.6 Å². The van der Waals surface area contributed by atoms with Crippen LogP contribution in [0.1, 0.15) is 46.5 Å². The summed E-state index contributed by atoms with van der Waals surface area (Å²) < 4.78 is 11.2. The average molecular weight is 343 g/mol. The Morgan fingerprint density at radius 1 is 1.33 bits per heavy atom. The molecule has 4 unspecified atom stereocenters. The van der Waals surface area contributed by atoms with E-state index in [1.807, 2.05) is 6.92 Å². The summed E-state index contributed by atoms with van der Waals surface area (Å²) in [5.41, 5.74) is -0.554. The fraction of sp³-hybridized carbons (Fsp3) is 1.00. The molecule has 7 nitrogen and oxygen atoms in total. The number of hydrogen-bond donors (Lipinski definition) is 0. The van der Waals surface area contributed by atoms with Crippen molar-refractivity contribution in [2.75, 3.05) is 40.0 Å². The second-order valence-electron chi connectivity index (χ2n) is 7.32. The summed E-state index contributed by atoms with van der Waals surface area (Å²) in [5, 5.41) is 11.7. The Morgan fingerprint density at radius 3 is 2.71 bits per heavy atom. The molecular weight excluding hydrogens is 310 g/mol. The Labute approximate surface area is 145 Å². The number of ether oxygens (including phenoxy) is 2. The highest BCUT2D eigenvalue weighted by Crippen LogP contribution is 2.41. The number of rotatable bonds is 9. The molecule has 140 valence electrons. The molecule has 2 fully saturated rings. The Bertz CT molecular complexity index is 423. The number of fused-ring (bicyclic) bond motifs is 1. The quantitative estimate of drug-likeness (QED) is 0.472. The summed E-state index contributed by atoms with van der Waals surface area (Å²) in [5.74, 6) is 0.450. The minimum Gasteiger partial charge on any atom is -0.385 e. The molecule has 2 saturated heterocycles. The van der Waals surface area contributed by atoms with E-state index in [1.54, 1.807) is 7.11 Å². The maximum atomic E-state index is 11.7. The number of nitro groups is 1. The zero-order chi connectivity index (χ0) is 17.7. The van der Waals surface area contributed by atoms with Crippen LogP contribution in [-0.4, -0.2) is 72.6 Å². The molecule has 2 aliphatic rings. The molecule has 0 saturated carbocycles. The van der Waals surface area contributed by atoms with Gasteiger partial charge in [-0.15, -0.1) is 0 Å². The van der Waals surface area contributed by atoms with E-state index in [-0.39, 0.29) is 11.2 Å². The van der Waals surface area contributed by atoms with Gasteiger partial charge < -0.3 is 9.47 Å². The van der Waals surface area contributed by atoms with Gasteiger partial charge >= 0.3 is 0 Å². The van der Waals surface area contributed by atoms with Crippen LogP contribution in [0.25, 0.3) is 0 Å². The summed E-state index contributed by atoms with van der Waals surface area (Å²) in [6, 6.07) is -0.559. The lowest BCUT2D eigenvalue weighted by atomic mass is 9.89. The SMILES string of the molecule is CCCOC1CCC([N+](=O)[O-])C2(C)N(CC(C)CCOC)CCN12. The number of hydrogen-bond acceptors (Lipinski definition) is 6. The lowest BCUT2D eigenvalue weighted by molar-refractivity contribution is -0.552. The smallest absolute Gasteiger partial charge is 0.244 e. The van der Waals surface area contributed by atoms with E-state index >= 15 is 0 Å². The normalized spacial score (nSPS) is 32.7. The van der Waals surface area contributed by atoms with Crippen LogP contribution in [0.15, 0.2) is 0 Å². The highest BCUT2D eigenvalue weighted by Gasteiger charge is 2.59. The molecule has 2 heterocycles. The molecule has 0 bridgehead atoms. The predicted octanol–water partition coefficient (Wildman–Crippen LogP) is 2.18. The van der Waals surface area contributed by atoms with Gasteiger partial charge in [-0.1, -0.05) is 13.8 Å². The van der Waals surface area contributed by atoms with Crippen LogP contribution in [0.2, 0.25) is 0 Å². The molecule has 0 aromatic carbocycles. The molecule has 2 aliphatic heterocycles. The van der Waals surface area contributed by atoms with Crippen molar-refractivity contribution in [3.8, 4) is 0 Å². The highest BCUT2D eigenvalue weighted by molar-refractivity contribution is 5.03. The van der Waals surface area contributed by atoms with Crippen LogP contribution in [-0.2, 0) is 9.47 Å². The van der Waals surface area contributed by atoms with E-state index in [1.165, 1.54) is 0 Å². The number of nitrogens with zero attached hydrogens (tertiary/aromatic N) is 3. The van der Waals surface area contributed by atoms with Gasteiger partial charge in [-0.25, -0.2) is 0 Å². The average Bonchev–Trinajstić information content (AvgIpc) is 2.87. The number of piperidine rings is 1. The van der Waals surface area contributed by atoms with Crippen LogP contribution < -0.4 is 0 Å². The summed E-state index contributed by atoms with van der Waals surface area (Å²) in [6.07, 6.45) is 3.27. The predicted molar refractivity (Wildman–Crippen MR) is 92.4 cm³/mol. The molecule has 7 heteroatoms. The van der Waals surface area contributed by atoms with Crippen molar-refractivity contribution in [3.05, 3.63) is 10.1 Å². The van der Waals surface area contributed by atoms with Gasteiger partial charge in [0.1, 0.15) is 11.9 Å². The van der Waals surface area contributed by atoms with Gasteiger partial charge in [0.2, 0.25) is 6.04 Å². The second kappa shape index (κ2) is 8.56.